The Labute approximate surface area is 239 Å². The lowest BCUT2D eigenvalue weighted by atomic mass is 10.1. The number of methoxy groups -OCH3 is 1. The summed E-state index contributed by atoms with van der Waals surface area (Å²) >= 11 is 1.41. The molecule has 0 aliphatic carbocycles. The quantitative estimate of drug-likeness (QED) is 0.223. The van der Waals surface area contributed by atoms with Gasteiger partial charge in [-0.25, -0.2) is 9.48 Å². The van der Waals surface area contributed by atoms with Crippen LogP contribution in [-0.4, -0.2) is 49.3 Å². The summed E-state index contributed by atoms with van der Waals surface area (Å²) < 4.78 is 10.2. The fourth-order valence-electron chi connectivity index (χ4n) is 3.80. The van der Waals surface area contributed by atoms with Gasteiger partial charge in [0.2, 0.25) is 0 Å². The summed E-state index contributed by atoms with van der Waals surface area (Å²) in [6.07, 6.45) is 9.62. The predicted molar refractivity (Wildman–Crippen MR) is 161 cm³/mol. The van der Waals surface area contributed by atoms with Crippen molar-refractivity contribution in [2.24, 2.45) is 5.92 Å². The van der Waals surface area contributed by atoms with Gasteiger partial charge in [-0.05, 0) is 64.7 Å². The van der Waals surface area contributed by atoms with Gasteiger partial charge in [0.05, 0.1) is 12.5 Å². The number of allylic oxidation sites excluding steroid dienone is 4. The van der Waals surface area contributed by atoms with Crippen molar-refractivity contribution in [1.29, 1.82) is 0 Å². The number of carboxylic acid groups (broad SMARTS) is 1. The van der Waals surface area contributed by atoms with E-state index in [1.165, 1.54) is 15.9 Å². The van der Waals surface area contributed by atoms with Crippen LogP contribution in [0.25, 0.3) is 15.2 Å². The maximum absolute atomic E-state index is 13.6. The number of fused-ring (bicyclic) bond motifs is 1. The van der Waals surface area contributed by atoms with E-state index in [2.05, 4.69) is 11.7 Å². The van der Waals surface area contributed by atoms with Crippen molar-refractivity contribution in [3.63, 3.8) is 0 Å². The average Bonchev–Trinajstić information content (AvgIpc) is 3.53. The van der Waals surface area contributed by atoms with Crippen molar-refractivity contribution < 1.29 is 19.7 Å². The van der Waals surface area contributed by atoms with Crippen LogP contribution in [0, 0.1) is 12.8 Å². The molecule has 220 valence electrons. The van der Waals surface area contributed by atoms with E-state index in [1.54, 1.807) is 28.6 Å². The van der Waals surface area contributed by atoms with Crippen LogP contribution >= 0.6 is 11.3 Å². The maximum atomic E-state index is 13.6. The number of aryl methyl sites for hydroxylation is 2. The molecule has 0 amide bonds. The van der Waals surface area contributed by atoms with Crippen LogP contribution in [0.2, 0.25) is 0 Å². The van der Waals surface area contributed by atoms with E-state index in [-0.39, 0.29) is 17.7 Å². The molecule has 0 saturated carbocycles. The van der Waals surface area contributed by atoms with E-state index in [1.807, 2.05) is 72.9 Å². The van der Waals surface area contributed by atoms with Crippen LogP contribution in [0.5, 0.6) is 0 Å². The van der Waals surface area contributed by atoms with Gasteiger partial charge in [-0.15, -0.1) is 0 Å². The summed E-state index contributed by atoms with van der Waals surface area (Å²) in [5, 5.41) is 20.7. The zero-order valence-electron chi connectivity index (χ0n) is 24.7. The second kappa shape index (κ2) is 15.8. The van der Waals surface area contributed by atoms with Crippen LogP contribution in [0.3, 0.4) is 0 Å². The number of thiophene rings is 1. The molecule has 2 N–H and O–H groups in total. The molecule has 0 aromatic carbocycles. The maximum Gasteiger partial charge on any atom is 0.332 e. The number of carbonyl (C=O) groups is 1. The Morgan fingerprint density at radius 3 is 2.30 bits per heavy atom. The van der Waals surface area contributed by atoms with E-state index in [0.29, 0.717) is 41.5 Å². The smallest absolute Gasteiger partial charge is 0.332 e. The van der Waals surface area contributed by atoms with Crippen LogP contribution in [0.1, 0.15) is 53.5 Å². The normalized spacial score (nSPS) is 11.9. The fraction of sp³-hybridized carbons (Fsp3) is 0.448. The summed E-state index contributed by atoms with van der Waals surface area (Å²) in [4.78, 5) is 36.0. The molecule has 0 bridgehead atoms. The Bertz CT molecular complexity index is 1430. The SMILES string of the molecule is C=C/C(OC)=C(\C=C/C)CCn1c(=O)n(C(C)(C)C)c(=O)c2c(C)c(-n3cccn3)sc21.CC(C)CO.O=CO. The minimum Gasteiger partial charge on any atom is -0.496 e. The molecule has 11 heteroatoms. The van der Waals surface area contributed by atoms with Gasteiger partial charge in [-0.3, -0.25) is 18.7 Å². The van der Waals surface area contributed by atoms with Crippen molar-refractivity contribution in [3.05, 3.63) is 81.0 Å². The minimum absolute atomic E-state index is 0.250. The van der Waals surface area contributed by atoms with Gasteiger partial charge < -0.3 is 14.9 Å². The highest BCUT2D eigenvalue weighted by atomic mass is 32.1. The van der Waals surface area contributed by atoms with Gasteiger partial charge in [0.1, 0.15) is 15.6 Å². The molecule has 0 spiro atoms. The van der Waals surface area contributed by atoms with Crippen molar-refractivity contribution >= 4 is 28.0 Å². The molecule has 0 radical (unpaired) electrons. The highest BCUT2D eigenvalue weighted by Crippen LogP contribution is 2.31. The number of aliphatic hydroxyl groups is 1. The van der Waals surface area contributed by atoms with Crippen molar-refractivity contribution in [2.75, 3.05) is 13.7 Å². The first-order chi connectivity index (χ1) is 18.8. The first-order valence-electron chi connectivity index (χ1n) is 12.8. The highest BCUT2D eigenvalue weighted by molar-refractivity contribution is 7.21. The van der Waals surface area contributed by atoms with E-state index in [9.17, 15) is 9.59 Å². The highest BCUT2D eigenvalue weighted by Gasteiger charge is 2.26. The summed E-state index contributed by atoms with van der Waals surface area (Å²) in [5.74, 6) is 1.10. The predicted octanol–water partition coefficient (Wildman–Crippen LogP) is 4.86. The molecule has 10 nitrogen and oxygen atoms in total. The molecule has 3 heterocycles. The third-order valence-electron chi connectivity index (χ3n) is 5.63. The topological polar surface area (TPSA) is 129 Å². The molecule has 0 fully saturated rings. The Balaban J connectivity index is 0.000000884. The van der Waals surface area contributed by atoms with E-state index in [4.69, 9.17) is 19.7 Å². The molecule has 0 unspecified atom stereocenters. The van der Waals surface area contributed by atoms with Gasteiger partial charge >= 0.3 is 5.69 Å². The third kappa shape index (κ3) is 8.40. The van der Waals surface area contributed by atoms with Gasteiger partial charge in [0.15, 0.2) is 0 Å². The molecule has 0 saturated heterocycles. The zero-order valence-corrected chi connectivity index (χ0v) is 25.5. The first-order valence-corrected chi connectivity index (χ1v) is 13.7. The third-order valence-corrected chi connectivity index (χ3v) is 6.93. The molecule has 3 aromatic rings. The Kier molecular flexibility index (Phi) is 13.5. The Morgan fingerprint density at radius 2 is 1.88 bits per heavy atom. The molecule has 0 aliphatic heterocycles. The van der Waals surface area contributed by atoms with Crippen LogP contribution in [0.4, 0.5) is 0 Å². The number of nitrogens with zero attached hydrogens (tertiary/aromatic N) is 4. The lowest BCUT2D eigenvalue weighted by molar-refractivity contribution is -0.122. The molecule has 0 aliphatic rings. The van der Waals surface area contributed by atoms with Crippen LogP contribution in [0.15, 0.2) is 64.2 Å². The number of aromatic nitrogens is 4. The fourth-order valence-corrected chi connectivity index (χ4v) is 5.06. The van der Waals surface area contributed by atoms with Gasteiger partial charge in [0, 0.05) is 36.6 Å². The molecular weight excluding hydrogens is 532 g/mol. The number of rotatable bonds is 8. The van der Waals surface area contributed by atoms with Crippen molar-refractivity contribution in [1.82, 2.24) is 18.9 Å². The van der Waals surface area contributed by atoms with E-state index >= 15 is 0 Å². The van der Waals surface area contributed by atoms with Gasteiger partial charge in [0.25, 0.3) is 12.0 Å². The zero-order chi connectivity index (χ0) is 30.6. The molecule has 40 heavy (non-hydrogen) atoms. The van der Waals surface area contributed by atoms with Crippen molar-refractivity contribution in [2.45, 2.75) is 67.0 Å². The summed E-state index contributed by atoms with van der Waals surface area (Å²) in [7, 11) is 1.60. The largest absolute Gasteiger partial charge is 0.496 e. The minimum atomic E-state index is -0.662. The monoisotopic (exact) mass is 574 g/mol. The van der Waals surface area contributed by atoms with Gasteiger partial charge in [-0.2, -0.15) is 5.10 Å². The lowest BCUT2D eigenvalue weighted by Crippen LogP contribution is -2.47. The Morgan fingerprint density at radius 1 is 1.27 bits per heavy atom. The Hall–Kier alpha value is -3.70. The van der Waals surface area contributed by atoms with Crippen LogP contribution < -0.4 is 11.2 Å². The molecular formula is C29H42N4O6S. The van der Waals surface area contributed by atoms with Gasteiger partial charge in [-0.1, -0.05) is 43.9 Å². The van der Waals surface area contributed by atoms with E-state index < -0.39 is 5.54 Å². The lowest BCUT2D eigenvalue weighted by Gasteiger charge is -2.23. The second-order valence-corrected chi connectivity index (χ2v) is 11.1. The molecule has 0 atom stereocenters. The first kappa shape index (κ1) is 34.3. The number of hydrogen-bond acceptors (Lipinski definition) is 7. The summed E-state index contributed by atoms with van der Waals surface area (Å²) in [5.41, 5.74) is 0.498. The second-order valence-electron chi connectivity index (χ2n) is 10.1. The standard InChI is InChI=1S/C24H30N4O3S.C4H10O.CH2O2/c1-8-11-17(18(9-2)31-7)12-15-26-22-19(20(29)28(23(26)30)24(4,5)6)16(3)21(32-22)27-14-10-13-25-27;1-4(2)3-5;2-1-3/h8-11,13-14H,2,12,15H2,1,3-7H3;4-5H,3H2,1-2H3;1H,(H,2,3)/b11-8-,18-17-;;. The molecule has 3 rings (SSSR count). The number of aliphatic hydroxyl groups excluding tert-OH is 1. The van der Waals surface area contributed by atoms with Crippen molar-refractivity contribution in [3.8, 4) is 5.00 Å². The number of hydrogen-bond donors (Lipinski definition) is 2. The number of ether oxygens (including phenoxy) is 1. The van der Waals surface area contributed by atoms with E-state index in [0.717, 1.165) is 16.1 Å². The molecule has 3 aromatic heterocycles. The summed E-state index contributed by atoms with van der Waals surface area (Å²) in [6, 6.07) is 1.83. The van der Waals surface area contributed by atoms with Crippen LogP contribution in [-0.2, 0) is 21.6 Å². The summed E-state index contributed by atoms with van der Waals surface area (Å²) in [6.45, 7) is 17.7. The average molecular weight is 575 g/mol.